The van der Waals surface area contributed by atoms with Crippen LogP contribution in [0.3, 0.4) is 0 Å². The molecular formula is C14H23N3S. The van der Waals surface area contributed by atoms with Gasteiger partial charge < -0.3 is 5.32 Å². The fourth-order valence-electron chi connectivity index (χ4n) is 2.45. The van der Waals surface area contributed by atoms with E-state index < -0.39 is 0 Å². The molecule has 0 radical (unpaired) electrons. The minimum absolute atomic E-state index is 0.791. The van der Waals surface area contributed by atoms with Crippen molar-refractivity contribution < 1.29 is 0 Å². The highest BCUT2D eigenvalue weighted by atomic mass is 32.1. The average molecular weight is 265 g/mol. The maximum atomic E-state index is 4.56. The Balaban J connectivity index is 1.46. The van der Waals surface area contributed by atoms with Crippen LogP contribution < -0.4 is 5.32 Å². The molecule has 0 spiro atoms. The highest BCUT2D eigenvalue weighted by Crippen LogP contribution is 2.22. The Labute approximate surface area is 114 Å². The Kier molecular flexibility index (Phi) is 3.97. The number of aromatic nitrogens is 1. The molecule has 1 aliphatic carbocycles. The van der Waals surface area contributed by atoms with Gasteiger partial charge in [-0.2, -0.15) is 0 Å². The molecule has 2 heterocycles. The maximum Gasteiger partial charge on any atom is 0.107 e. The molecule has 100 valence electrons. The zero-order valence-electron chi connectivity index (χ0n) is 11.2. The lowest BCUT2D eigenvalue weighted by Crippen LogP contribution is -2.32. The molecule has 0 bridgehead atoms. The number of hydrogen-bond acceptors (Lipinski definition) is 4. The van der Waals surface area contributed by atoms with Crippen LogP contribution in [0, 0.1) is 5.92 Å². The predicted octanol–water partition coefficient (Wildman–Crippen LogP) is 2.63. The van der Waals surface area contributed by atoms with Crippen LogP contribution in [0.15, 0.2) is 6.20 Å². The van der Waals surface area contributed by atoms with Crippen LogP contribution in [-0.4, -0.2) is 29.0 Å². The predicted molar refractivity (Wildman–Crippen MR) is 75.7 cm³/mol. The molecule has 1 aromatic heterocycles. The molecule has 1 saturated carbocycles. The normalized spacial score (nSPS) is 22.5. The molecule has 3 nitrogen and oxygen atoms in total. The van der Waals surface area contributed by atoms with E-state index in [0.717, 1.165) is 25.0 Å². The topological polar surface area (TPSA) is 28.2 Å². The molecule has 2 fully saturated rings. The Bertz CT molecular complexity index is 378. The summed E-state index contributed by atoms with van der Waals surface area (Å²) in [5, 5.41) is 4.84. The van der Waals surface area contributed by atoms with Crippen molar-refractivity contribution in [3.8, 4) is 0 Å². The van der Waals surface area contributed by atoms with Gasteiger partial charge in [0.1, 0.15) is 5.01 Å². The molecule has 3 rings (SSSR count). The average Bonchev–Trinajstić information content (AvgIpc) is 3.10. The molecule has 2 aliphatic rings. The molecule has 0 aromatic carbocycles. The van der Waals surface area contributed by atoms with E-state index in [0.29, 0.717) is 0 Å². The monoisotopic (exact) mass is 265 g/mol. The van der Waals surface area contributed by atoms with E-state index in [1.807, 2.05) is 11.3 Å². The van der Waals surface area contributed by atoms with Crippen molar-refractivity contribution in [3.05, 3.63) is 16.1 Å². The molecule has 1 saturated heterocycles. The Morgan fingerprint density at radius 2 is 2.11 bits per heavy atom. The number of likely N-dealkylation sites (tertiary alicyclic amines) is 1. The first kappa shape index (κ1) is 12.6. The maximum absolute atomic E-state index is 4.56. The molecule has 18 heavy (non-hydrogen) atoms. The van der Waals surface area contributed by atoms with E-state index in [2.05, 4.69) is 28.3 Å². The van der Waals surface area contributed by atoms with Crippen LogP contribution in [0.4, 0.5) is 0 Å². The largest absolute Gasteiger partial charge is 0.309 e. The summed E-state index contributed by atoms with van der Waals surface area (Å²) in [7, 11) is 0. The summed E-state index contributed by atoms with van der Waals surface area (Å²) in [5.41, 5.74) is 0. The third kappa shape index (κ3) is 3.53. The summed E-state index contributed by atoms with van der Waals surface area (Å²) in [6.45, 7) is 6.93. The van der Waals surface area contributed by atoms with Crippen LogP contribution >= 0.6 is 11.3 Å². The highest BCUT2D eigenvalue weighted by Gasteiger charge is 2.21. The number of hydrogen-bond donors (Lipinski definition) is 1. The van der Waals surface area contributed by atoms with Gasteiger partial charge in [0.05, 0.1) is 6.54 Å². The van der Waals surface area contributed by atoms with Crippen molar-refractivity contribution in [3.63, 3.8) is 0 Å². The van der Waals surface area contributed by atoms with E-state index in [-0.39, 0.29) is 0 Å². The Morgan fingerprint density at radius 1 is 1.33 bits per heavy atom. The summed E-state index contributed by atoms with van der Waals surface area (Å²) in [4.78, 5) is 8.51. The second-order valence-electron chi connectivity index (χ2n) is 5.83. The third-order valence-corrected chi connectivity index (χ3v) is 4.96. The molecule has 0 unspecified atom stereocenters. The van der Waals surface area contributed by atoms with Gasteiger partial charge in [-0.1, -0.05) is 6.92 Å². The molecular weight excluding hydrogens is 242 g/mol. The van der Waals surface area contributed by atoms with Gasteiger partial charge in [0.15, 0.2) is 0 Å². The number of rotatable bonds is 5. The summed E-state index contributed by atoms with van der Waals surface area (Å²) in [6.07, 6.45) is 7.47. The first-order valence-corrected chi connectivity index (χ1v) is 8.00. The van der Waals surface area contributed by atoms with Crippen molar-refractivity contribution in [2.24, 2.45) is 5.92 Å². The van der Waals surface area contributed by atoms with E-state index in [1.165, 1.54) is 48.7 Å². The smallest absolute Gasteiger partial charge is 0.107 e. The van der Waals surface area contributed by atoms with Crippen molar-refractivity contribution >= 4 is 11.3 Å². The minimum Gasteiger partial charge on any atom is -0.309 e. The lowest BCUT2D eigenvalue weighted by atomic mass is 9.99. The van der Waals surface area contributed by atoms with Crippen molar-refractivity contribution in [2.75, 3.05) is 13.1 Å². The van der Waals surface area contributed by atoms with E-state index in [1.54, 1.807) is 0 Å². The Morgan fingerprint density at radius 3 is 2.83 bits per heavy atom. The SMILES string of the molecule is CC1CCN(Cc2ncc(CNC3CC3)s2)CC1. The van der Waals surface area contributed by atoms with Crippen LogP contribution in [0.5, 0.6) is 0 Å². The fourth-order valence-corrected chi connectivity index (χ4v) is 3.36. The van der Waals surface area contributed by atoms with Gasteiger partial charge >= 0.3 is 0 Å². The van der Waals surface area contributed by atoms with E-state index in [4.69, 9.17) is 0 Å². The number of nitrogens with zero attached hydrogens (tertiary/aromatic N) is 2. The molecule has 1 aliphatic heterocycles. The van der Waals surface area contributed by atoms with Gasteiger partial charge in [0.25, 0.3) is 0 Å². The molecule has 1 aromatic rings. The Hall–Kier alpha value is -0.450. The van der Waals surface area contributed by atoms with Crippen LogP contribution in [0.25, 0.3) is 0 Å². The van der Waals surface area contributed by atoms with Gasteiger partial charge in [-0.05, 0) is 44.7 Å². The first-order valence-electron chi connectivity index (χ1n) is 7.19. The van der Waals surface area contributed by atoms with Crippen LogP contribution in [-0.2, 0) is 13.1 Å². The van der Waals surface area contributed by atoms with Gasteiger partial charge in [-0.15, -0.1) is 11.3 Å². The summed E-state index contributed by atoms with van der Waals surface area (Å²) >= 11 is 1.88. The second-order valence-corrected chi connectivity index (χ2v) is 7.03. The summed E-state index contributed by atoms with van der Waals surface area (Å²) in [6, 6.07) is 0.791. The summed E-state index contributed by atoms with van der Waals surface area (Å²) in [5.74, 6) is 0.913. The van der Waals surface area contributed by atoms with Crippen molar-refractivity contribution in [2.45, 2.75) is 51.7 Å². The van der Waals surface area contributed by atoms with Crippen molar-refractivity contribution in [1.29, 1.82) is 0 Å². The van der Waals surface area contributed by atoms with E-state index in [9.17, 15) is 0 Å². The minimum atomic E-state index is 0.791. The van der Waals surface area contributed by atoms with Crippen molar-refractivity contribution in [1.82, 2.24) is 15.2 Å². The van der Waals surface area contributed by atoms with Crippen LogP contribution in [0.1, 0.15) is 42.5 Å². The highest BCUT2D eigenvalue weighted by molar-refractivity contribution is 7.11. The fraction of sp³-hybridized carbons (Fsp3) is 0.786. The number of piperidine rings is 1. The first-order chi connectivity index (χ1) is 8.79. The molecule has 1 N–H and O–H groups in total. The van der Waals surface area contributed by atoms with Gasteiger partial charge in [0, 0.05) is 23.7 Å². The van der Waals surface area contributed by atoms with E-state index >= 15 is 0 Å². The lowest BCUT2D eigenvalue weighted by molar-refractivity contribution is 0.185. The molecule has 4 heteroatoms. The third-order valence-electron chi connectivity index (χ3n) is 3.98. The lowest BCUT2D eigenvalue weighted by Gasteiger charge is -2.29. The standard InChI is InChI=1S/C14H23N3S/c1-11-4-6-17(7-5-11)10-14-16-9-13(18-14)8-15-12-2-3-12/h9,11-12,15H,2-8,10H2,1H3. The van der Waals surface area contributed by atoms with Gasteiger partial charge in [-0.3, -0.25) is 4.90 Å². The summed E-state index contributed by atoms with van der Waals surface area (Å²) < 4.78 is 0. The number of thiazole rings is 1. The molecule has 0 amide bonds. The zero-order chi connectivity index (χ0) is 12.4. The van der Waals surface area contributed by atoms with Gasteiger partial charge in [-0.25, -0.2) is 4.98 Å². The quantitative estimate of drug-likeness (QED) is 0.887. The molecule has 0 atom stereocenters. The van der Waals surface area contributed by atoms with Gasteiger partial charge in [0.2, 0.25) is 0 Å². The van der Waals surface area contributed by atoms with Crippen LogP contribution in [0.2, 0.25) is 0 Å². The second kappa shape index (κ2) is 5.68. The zero-order valence-corrected chi connectivity index (χ0v) is 12.0. The number of nitrogens with one attached hydrogen (secondary N) is 1.